The molecule has 3 aromatic carbocycles. The van der Waals surface area contributed by atoms with Gasteiger partial charge in [0.25, 0.3) is 5.91 Å². The van der Waals surface area contributed by atoms with Crippen molar-refractivity contribution in [2.45, 2.75) is 64.8 Å². The Morgan fingerprint density at radius 3 is 2.33 bits per heavy atom. The summed E-state index contributed by atoms with van der Waals surface area (Å²) in [6.07, 6.45) is 5.54. The van der Waals surface area contributed by atoms with Crippen molar-refractivity contribution in [2.75, 3.05) is 5.32 Å². The van der Waals surface area contributed by atoms with Gasteiger partial charge in [-0.2, -0.15) is 0 Å². The minimum atomic E-state index is -0.241. The summed E-state index contributed by atoms with van der Waals surface area (Å²) < 4.78 is 0. The Bertz CT molecular complexity index is 1380. The second kappa shape index (κ2) is 11.4. The van der Waals surface area contributed by atoms with Gasteiger partial charge >= 0.3 is 0 Å². The van der Waals surface area contributed by atoms with Crippen molar-refractivity contribution in [3.63, 3.8) is 0 Å². The third kappa shape index (κ3) is 5.58. The molecule has 1 heterocycles. The summed E-state index contributed by atoms with van der Waals surface area (Å²) in [5.74, 6) is 0.210. The van der Waals surface area contributed by atoms with Crippen LogP contribution in [0.3, 0.4) is 0 Å². The largest absolute Gasteiger partial charge is 0.325 e. The topological polar surface area (TPSA) is 66.5 Å². The van der Waals surface area contributed by atoms with Crippen LogP contribution in [-0.2, 0) is 22.6 Å². The Kier molecular flexibility index (Phi) is 7.78. The predicted molar refractivity (Wildman–Crippen MR) is 155 cm³/mol. The summed E-state index contributed by atoms with van der Waals surface area (Å²) in [5, 5.41) is 3.22. The van der Waals surface area contributed by atoms with Crippen LogP contribution >= 0.6 is 0 Å². The molecule has 0 bridgehead atoms. The SMILES string of the molecule is C=C1c2ccccc2C(=O)N1Cc1ccc(C(C(=O)Nc2cccc(CCC(C)=O)c2C)C2CCCC2)cc1. The van der Waals surface area contributed by atoms with E-state index in [1.54, 1.807) is 11.8 Å². The lowest BCUT2D eigenvalue weighted by Gasteiger charge is -2.25. The number of benzene rings is 3. The zero-order valence-electron chi connectivity index (χ0n) is 22.8. The lowest BCUT2D eigenvalue weighted by atomic mass is 9.83. The van der Waals surface area contributed by atoms with Gasteiger partial charge in [-0.15, -0.1) is 0 Å². The molecule has 5 heteroatoms. The highest BCUT2D eigenvalue weighted by molar-refractivity contribution is 6.08. The fourth-order valence-corrected chi connectivity index (χ4v) is 6.05. The van der Waals surface area contributed by atoms with Crippen molar-refractivity contribution in [3.8, 4) is 0 Å². The van der Waals surface area contributed by atoms with E-state index < -0.39 is 0 Å². The summed E-state index contributed by atoms with van der Waals surface area (Å²) in [7, 11) is 0. The van der Waals surface area contributed by atoms with E-state index in [0.717, 1.165) is 64.9 Å². The maximum atomic E-state index is 13.8. The first kappa shape index (κ1) is 26.6. The van der Waals surface area contributed by atoms with Crippen LogP contribution in [0.15, 0.2) is 73.3 Å². The maximum Gasteiger partial charge on any atom is 0.259 e. The summed E-state index contributed by atoms with van der Waals surface area (Å²) in [6.45, 7) is 8.22. The molecule has 1 unspecified atom stereocenters. The monoisotopic (exact) mass is 520 g/mol. The number of rotatable bonds is 9. The zero-order valence-corrected chi connectivity index (χ0v) is 22.8. The van der Waals surface area contributed by atoms with E-state index >= 15 is 0 Å². The number of Topliss-reactive ketones (excluding diaryl/α,β-unsaturated/α-hetero) is 1. The fraction of sp³-hybridized carbons (Fsp3) is 0.324. The van der Waals surface area contributed by atoms with Gasteiger partial charge in [-0.3, -0.25) is 9.59 Å². The van der Waals surface area contributed by atoms with Crippen LogP contribution in [0.1, 0.15) is 83.1 Å². The van der Waals surface area contributed by atoms with Gasteiger partial charge in [0, 0.05) is 28.9 Å². The number of hydrogen-bond acceptors (Lipinski definition) is 3. The van der Waals surface area contributed by atoms with Crippen molar-refractivity contribution in [2.24, 2.45) is 5.92 Å². The van der Waals surface area contributed by atoms with Crippen molar-refractivity contribution in [1.82, 2.24) is 4.90 Å². The highest BCUT2D eigenvalue weighted by Crippen LogP contribution is 2.39. The predicted octanol–water partition coefficient (Wildman–Crippen LogP) is 7.06. The fourth-order valence-electron chi connectivity index (χ4n) is 6.05. The first-order valence-electron chi connectivity index (χ1n) is 13.9. The van der Waals surface area contributed by atoms with Crippen LogP contribution in [0.5, 0.6) is 0 Å². The molecule has 1 aliphatic carbocycles. The molecular weight excluding hydrogens is 484 g/mol. The molecular formula is C34H36N2O3. The Balaban J connectivity index is 1.34. The number of hydrogen-bond donors (Lipinski definition) is 1. The lowest BCUT2D eigenvalue weighted by Crippen LogP contribution is -2.27. The molecule has 3 aromatic rings. The molecule has 2 aliphatic rings. The van der Waals surface area contributed by atoms with Crippen LogP contribution in [-0.4, -0.2) is 22.5 Å². The molecule has 1 aliphatic heterocycles. The number of carbonyl (C=O) groups excluding carboxylic acids is 3. The van der Waals surface area contributed by atoms with Gasteiger partial charge in [-0.1, -0.05) is 74.0 Å². The molecule has 1 atom stereocenters. The average molecular weight is 521 g/mol. The molecule has 5 nitrogen and oxygen atoms in total. The van der Waals surface area contributed by atoms with E-state index in [1.807, 2.05) is 73.7 Å². The average Bonchev–Trinajstić information content (AvgIpc) is 3.54. The number of fused-ring (bicyclic) bond motifs is 1. The molecule has 2 amide bonds. The van der Waals surface area contributed by atoms with Crippen molar-refractivity contribution < 1.29 is 14.4 Å². The number of nitrogens with one attached hydrogen (secondary N) is 1. The van der Waals surface area contributed by atoms with Crippen LogP contribution in [0, 0.1) is 12.8 Å². The smallest absolute Gasteiger partial charge is 0.259 e. The van der Waals surface area contributed by atoms with Gasteiger partial charge in [0.2, 0.25) is 5.91 Å². The minimum absolute atomic E-state index is 0.0139. The quantitative estimate of drug-likeness (QED) is 0.329. The van der Waals surface area contributed by atoms with Gasteiger partial charge in [-0.25, -0.2) is 0 Å². The van der Waals surface area contributed by atoms with Gasteiger partial charge < -0.3 is 15.0 Å². The first-order valence-corrected chi connectivity index (χ1v) is 13.9. The van der Waals surface area contributed by atoms with Crippen LogP contribution in [0.4, 0.5) is 5.69 Å². The van der Waals surface area contributed by atoms with Gasteiger partial charge in [-0.05, 0) is 73.4 Å². The van der Waals surface area contributed by atoms with E-state index in [4.69, 9.17) is 0 Å². The Morgan fingerprint density at radius 2 is 1.67 bits per heavy atom. The molecule has 39 heavy (non-hydrogen) atoms. The molecule has 200 valence electrons. The number of amides is 2. The second-order valence-corrected chi connectivity index (χ2v) is 10.9. The molecule has 5 rings (SSSR count). The number of anilines is 1. The highest BCUT2D eigenvalue weighted by Gasteiger charge is 2.33. The van der Waals surface area contributed by atoms with Crippen molar-refractivity contribution >= 4 is 29.0 Å². The molecule has 0 saturated heterocycles. The Hall–Kier alpha value is -3.99. The normalized spacial score (nSPS) is 15.9. The Morgan fingerprint density at radius 1 is 0.974 bits per heavy atom. The zero-order chi connectivity index (χ0) is 27.5. The number of ketones is 1. The first-order chi connectivity index (χ1) is 18.8. The van der Waals surface area contributed by atoms with Gasteiger partial charge in [0.1, 0.15) is 5.78 Å². The van der Waals surface area contributed by atoms with Gasteiger partial charge in [0.05, 0.1) is 12.5 Å². The summed E-state index contributed by atoms with van der Waals surface area (Å²) >= 11 is 0. The number of carbonyl (C=O) groups is 3. The molecule has 1 N–H and O–H groups in total. The number of nitrogens with zero attached hydrogens (tertiary/aromatic N) is 1. The molecule has 0 aromatic heterocycles. The summed E-state index contributed by atoms with van der Waals surface area (Å²) in [6, 6.07) is 21.6. The van der Waals surface area contributed by atoms with Crippen molar-refractivity contribution in [3.05, 3.63) is 107 Å². The van der Waals surface area contributed by atoms with E-state index in [2.05, 4.69) is 11.9 Å². The minimum Gasteiger partial charge on any atom is -0.325 e. The third-order valence-corrected chi connectivity index (χ3v) is 8.32. The standard InChI is InChI=1S/C34H36N2O3/c1-22(37)15-18-26-11-8-14-31(23(26)2)35-33(38)32(27-9-4-5-10-27)28-19-16-25(17-20-28)21-36-24(3)29-12-6-7-13-30(29)34(36)39/h6-8,11-14,16-17,19-20,27,32H,3-5,9-10,15,18,21H2,1-2H3,(H,35,38). The molecule has 0 radical (unpaired) electrons. The highest BCUT2D eigenvalue weighted by atomic mass is 16.2. The van der Waals surface area contributed by atoms with Crippen LogP contribution in [0.2, 0.25) is 0 Å². The molecule has 0 spiro atoms. The Labute approximate surface area is 230 Å². The van der Waals surface area contributed by atoms with E-state index in [1.165, 1.54) is 0 Å². The van der Waals surface area contributed by atoms with Crippen molar-refractivity contribution in [1.29, 1.82) is 0 Å². The van der Waals surface area contributed by atoms with Crippen LogP contribution in [0.25, 0.3) is 5.70 Å². The number of aryl methyl sites for hydroxylation is 1. The second-order valence-electron chi connectivity index (χ2n) is 10.9. The van der Waals surface area contributed by atoms with Gasteiger partial charge in [0.15, 0.2) is 0 Å². The van der Waals surface area contributed by atoms with E-state index in [0.29, 0.717) is 30.9 Å². The third-order valence-electron chi connectivity index (χ3n) is 8.32. The lowest BCUT2D eigenvalue weighted by molar-refractivity contribution is -0.119. The van der Waals surface area contributed by atoms with Crippen LogP contribution < -0.4 is 5.32 Å². The van der Waals surface area contributed by atoms with E-state index in [9.17, 15) is 14.4 Å². The molecule has 1 fully saturated rings. The summed E-state index contributed by atoms with van der Waals surface area (Å²) in [5.41, 5.74) is 7.23. The maximum absolute atomic E-state index is 13.8. The summed E-state index contributed by atoms with van der Waals surface area (Å²) in [4.78, 5) is 39.9. The molecule has 1 saturated carbocycles. The van der Waals surface area contributed by atoms with E-state index in [-0.39, 0.29) is 23.5 Å².